The van der Waals surface area contributed by atoms with Crippen LogP contribution in [0.5, 0.6) is 0 Å². The summed E-state index contributed by atoms with van der Waals surface area (Å²) in [5.74, 6) is 0.0217. The van der Waals surface area contributed by atoms with Gasteiger partial charge in [0.15, 0.2) is 0 Å². The molecule has 1 aromatic rings. The smallest absolute Gasteiger partial charge is 0.253 e. The molecule has 0 bridgehead atoms. The zero-order chi connectivity index (χ0) is 14.5. The maximum absolute atomic E-state index is 12.4. The third-order valence-electron chi connectivity index (χ3n) is 3.80. The standard InChI is InChI=1S/C16H24N2O2/c1-3-10-17(2)14-8-6-13(7-9-14)16(20)18-11-4-5-15(19)12-18/h6-9,15,19H,3-5,10-12H2,1-2H3. The van der Waals surface area contributed by atoms with Crippen LogP contribution in [0.3, 0.4) is 0 Å². The third-order valence-corrected chi connectivity index (χ3v) is 3.80. The lowest BCUT2D eigenvalue weighted by atomic mass is 10.1. The molecule has 110 valence electrons. The number of anilines is 1. The molecule has 1 aromatic carbocycles. The Morgan fingerprint density at radius 3 is 2.70 bits per heavy atom. The molecule has 0 spiro atoms. The van der Waals surface area contributed by atoms with E-state index >= 15 is 0 Å². The van der Waals surface area contributed by atoms with Crippen molar-refractivity contribution in [3.05, 3.63) is 29.8 Å². The molecule has 4 nitrogen and oxygen atoms in total. The van der Waals surface area contributed by atoms with Gasteiger partial charge < -0.3 is 14.9 Å². The Kier molecular flexibility index (Phi) is 5.01. The Morgan fingerprint density at radius 1 is 1.40 bits per heavy atom. The lowest BCUT2D eigenvalue weighted by molar-refractivity contribution is 0.0474. The van der Waals surface area contributed by atoms with Gasteiger partial charge in [0.1, 0.15) is 0 Å². The van der Waals surface area contributed by atoms with E-state index in [0.717, 1.165) is 38.0 Å². The highest BCUT2D eigenvalue weighted by Gasteiger charge is 2.22. The predicted molar refractivity (Wildman–Crippen MR) is 81.1 cm³/mol. The first-order valence-corrected chi connectivity index (χ1v) is 7.40. The fourth-order valence-corrected chi connectivity index (χ4v) is 2.64. The van der Waals surface area contributed by atoms with E-state index in [1.807, 2.05) is 24.3 Å². The van der Waals surface area contributed by atoms with Crippen molar-refractivity contribution in [2.24, 2.45) is 0 Å². The van der Waals surface area contributed by atoms with Gasteiger partial charge in [0.25, 0.3) is 5.91 Å². The molecule has 0 aliphatic carbocycles. The van der Waals surface area contributed by atoms with Gasteiger partial charge in [-0.15, -0.1) is 0 Å². The van der Waals surface area contributed by atoms with Gasteiger partial charge >= 0.3 is 0 Å². The van der Waals surface area contributed by atoms with Crippen molar-refractivity contribution < 1.29 is 9.90 Å². The number of nitrogens with zero attached hydrogens (tertiary/aromatic N) is 2. The molecule has 1 heterocycles. The van der Waals surface area contributed by atoms with Gasteiger partial charge in [0.2, 0.25) is 0 Å². The second-order valence-electron chi connectivity index (χ2n) is 5.52. The number of rotatable bonds is 4. The molecule has 2 rings (SSSR count). The largest absolute Gasteiger partial charge is 0.391 e. The number of aliphatic hydroxyl groups excluding tert-OH is 1. The summed E-state index contributed by atoms with van der Waals surface area (Å²) in [6.07, 6.45) is 2.40. The first-order valence-electron chi connectivity index (χ1n) is 7.40. The van der Waals surface area contributed by atoms with E-state index in [-0.39, 0.29) is 12.0 Å². The SMILES string of the molecule is CCCN(C)c1ccc(C(=O)N2CCCC(O)C2)cc1. The van der Waals surface area contributed by atoms with Crippen LogP contribution in [0.4, 0.5) is 5.69 Å². The number of hydrogen-bond acceptors (Lipinski definition) is 3. The maximum Gasteiger partial charge on any atom is 0.253 e. The lowest BCUT2D eigenvalue weighted by Gasteiger charge is -2.30. The van der Waals surface area contributed by atoms with Crippen molar-refractivity contribution in [2.45, 2.75) is 32.3 Å². The minimum absolute atomic E-state index is 0.0217. The van der Waals surface area contributed by atoms with Gasteiger partial charge in [0.05, 0.1) is 6.10 Å². The van der Waals surface area contributed by atoms with Gasteiger partial charge in [-0.3, -0.25) is 4.79 Å². The average Bonchev–Trinajstić information content (AvgIpc) is 2.47. The quantitative estimate of drug-likeness (QED) is 0.916. The summed E-state index contributed by atoms with van der Waals surface area (Å²) >= 11 is 0. The Bertz CT molecular complexity index is 444. The number of β-amino-alcohol motifs (C(OH)–C–C–N with tert-alkyl or cyclic N) is 1. The predicted octanol–water partition coefficient (Wildman–Crippen LogP) is 2.13. The summed E-state index contributed by atoms with van der Waals surface area (Å²) in [6.45, 7) is 4.35. The van der Waals surface area contributed by atoms with E-state index in [0.29, 0.717) is 12.1 Å². The highest BCUT2D eigenvalue weighted by Crippen LogP contribution is 2.17. The van der Waals surface area contributed by atoms with Crippen LogP contribution in [0.2, 0.25) is 0 Å². The Morgan fingerprint density at radius 2 is 2.10 bits per heavy atom. The molecular weight excluding hydrogens is 252 g/mol. The first-order chi connectivity index (χ1) is 9.61. The van der Waals surface area contributed by atoms with Crippen LogP contribution in [0.15, 0.2) is 24.3 Å². The Hall–Kier alpha value is -1.55. The fraction of sp³-hybridized carbons (Fsp3) is 0.562. The molecule has 1 aliphatic rings. The second-order valence-corrected chi connectivity index (χ2v) is 5.52. The van der Waals surface area contributed by atoms with E-state index in [2.05, 4.69) is 18.9 Å². The van der Waals surface area contributed by atoms with Gasteiger partial charge in [0, 0.05) is 37.9 Å². The molecule has 1 aliphatic heterocycles. The molecule has 1 unspecified atom stereocenters. The maximum atomic E-state index is 12.4. The molecule has 0 aromatic heterocycles. The van der Waals surface area contributed by atoms with Crippen LogP contribution in [0.25, 0.3) is 0 Å². The van der Waals surface area contributed by atoms with Crippen molar-refractivity contribution in [3.8, 4) is 0 Å². The van der Waals surface area contributed by atoms with E-state index in [1.165, 1.54) is 0 Å². The van der Waals surface area contributed by atoms with E-state index in [9.17, 15) is 9.90 Å². The van der Waals surface area contributed by atoms with Gasteiger partial charge in [-0.1, -0.05) is 6.92 Å². The van der Waals surface area contributed by atoms with Crippen LogP contribution < -0.4 is 4.90 Å². The van der Waals surface area contributed by atoms with Crippen LogP contribution in [0.1, 0.15) is 36.5 Å². The number of benzene rings is 1. The van der Waals surface area contributed by atoms with Crippen LogP contribution in [0, 0.1) is 0 Å². The van der Waals surface area contributed by atoms with Crippen LogP contribution in [-0.4, -0.2) is 48.7 Å². The Labute approximate surface area is 121 Å². The van der Waals surface area contributed by atoms with E-state index in [4.69, 9.17) is 0 Å². The monoisotopic (exact) mass is 276 g/mol. The van der Waals surface area contributed by atoms with Crippen molar-refractivity contribution in [1.29, 1.82) is 0 Å². The number of carbonyl (C=O) groups excluding carboxylic acids is 1. The highest BCUT2D eigenvalue weighted by atomic mass is 16.3. The molecule has 4 heteroatoms. The molecule has 1 atom stereocenters. The van der Waals surface area contributed by atoms with Crippen LogP contribution >= 0.6 is 0 Å². The third kappa shape index (κ3) is 3.51. The first kappa shape index (κ1) is 14.9. The number of aliphatic hydroxyl groups is 1. The normalized spacial score (nSPS) is 18.9. The van der Waals surface area contributed by atoms with Crippen molar-refractivity contribution >= 4 is 11.6 Å². The van der Waals surface area contributed by atoms with Gasteiger partial charge in [-0.05, 0) is 43.5 Å². The molecule has 0 radical (unpaired) electrons. The molecule has 1 fully saturated rings. The zero-order valence-corrected chi connectivity index (χ0v) is 12.4. The fourth-order valence-electron chi connectivity index (χ4n) is 2.64. The highest BCUT2D eigenvalue weighted by molar-refractivity contribution is 5.94. The number of amides is 1. The summed E-state index contributed by atoms with van der Waals surface area (Å²) in [5.41, 5.74) is 1.83. The summed E-state index contributed by atoms with van der Waals surface area (Å²) < 4.78 is 0. The molecule has 1 saturated heterocycles. The average molecular weight is 276 g/mol. The second kappa shape index (κ2) is 6.75. The summed E-state index contributed by atoms with van der Waals surface area (Å²) in [5, 5.41) is 9.65. The molecule has 1 amide bonds. The van der Waals surface area contributed by atoms with E-state index in [1.54, 1.807) is 4.90 Å². The number of carbonyl (C=O) groups is 1. The number of hydrogen-bond donors (Lipinski definition) is 1. The van der Waals surface area contributed by atoms with E-state index < -0.39 is 0 Å². The summed E-state index contributed by atoms with van der Waals surface area (Å²) in [4.78, 5) is 16.3. The lowest BCUT2D eigenvalue weighted by Crippen LogP contribution is -2.42. The number of piperidine rings is 1. The zero-order valence-electron chi connectivity index (χ0n) is 12.4. The minimum atomic E-state index is -0.373. The molecule has 0 saturated carbocycles. The Balaban J connectivity index is 2.03. The summed E-state index contributed by atoms with van der Waals surface area (Å²) in [6, 6.07) is 7.74. The van der Waals surface area contributed by atoms with Crippen LogP contribution in [-0.2, 0) is 0 Å². The molecular formula is C16H24N2O2. The van der Waals surface area contributed by atoms with Crippen molar-refractivity contribution in [2.75, 3.05) is 31.6 Å². The number of likely N-dealkylation sites (tertiary alicyclic amines) is 1. The van der Waals surface area contributed by atoms with Gasteiger partial charge in [-0.25, -0.2) is 0 Å². The van der Waals surface area contributed by atoms with Crippen molar-refractivity contribution in [3.63, 3.8) is 0 Å². The summed E-state index contributed by atoms with van der Waals surface area (Å²) in [7, 11) is 2.06. The minimum Gasteiger partial charge on any atom is -0.391 e. The molecule has 1 N–H and O–H groups in total. The van der Waals surface area contributed by atoms with Gasteiger partial charge in [-0.2, -0.15) is 0 Å². The van der Waals surface area contributed by atoms with Crippen molar-refractivity contribution in [1.82, 2.24) is 4.90 Å². The molecule has 20 heavy (non-hydrogen) atoms. The topological polar surface area (TPSA) is 43.8 Å².